The highest BCUT2D eigenvalue weighted by Gasteiger charge is 2.32. The highest BCUT2D eigenvalue weighted by atomic mass is 31.2. The molecule has 1 atom stereocenters. The van der Waals surface area contributed by atoms with Gasteiger partial charge in [0.2, 0.25) is 5.91 Å². The van der Waals surface area contributed by atoms with Crippen LogP contribution in [0.2, 0.25) is 0 Å². The zero-order valence-corrected chi connectivity index (χ0v) is 11.5. The Labute approximate surface area is 108 Å². The molecule has 0 saturated carbocycles. The third-order valence-electron chi connectivity index (χ3n) is 3.11. The van der Waals surface area contributed by atoms with E-state index in [9.17, 15) is 9.36 Å². The van der Waals surface area contributed by atoms with Crippen LogP contribution in [0.15, 0.2) is 24.3 Å². The maximum Gasteiger partial charge on any atom is 0.228 e. The summed E-state index contributed by atoms with van der Waals surface area (Å²) in [7, 11) is -2.41. The van der Waals surface area contributed by atoms with E-state index in [1.165, 1.54) is 0 Å². The number of para-hydroxylation sites is 1. The Morgan fingerprint density at radius 3 is 2.61 bits per heavy atom. The molecule has 94 valence electrons. The zero-order chi connectivity index (χ0) is 13.3. The van der Waals surface area contributed by atoms with Crippen LogP contribution < -0.4 is 10.2 Å². The minimum Gasteiger partial charge on any atom is -0.319 e. The van der Waals surface area contributed by atoms with Crippen molar-refractivity contribution in [1.29, 1.82) is 0 Å². The number of nitrogens with zero attached hydrogens (tertiary/aromatic N) is 1. The molecule has 4 heteroatoms. The largest absolute Gasteiger partial charge is 0.319 e. The summed E-state index contributed by atoms with van der Waals surface area (Å²) >= 11 is 0. The smallest absolute Gasteiger partial charge is 0.228 e. The first-order valence-corrected chi connectivity index (χ1v) is 8.44. The van der Waals surface area contributed by atoms with Crippen molar-refractivity contribution in [1.82, 2.24) is 0 Å². The summed E-state index contributed by atoms with van der Waals surface area (Å²) in [4.78, 5) is 13.6. The molecule has 1 saturated heterocycles. The Bertz CT molecular complexity index is 567. The van der Waals surface area contributed by atoms with Crippen LogP contribution in [0, 0.1) is 18.3 Å². The van der Waals surface area contributed by atoms with E-state index in [2.05, 4.69) is 5.92 Å². The molecule has 1 aromatic carbocycles. The van der Waals surface area contributed by atoms with Crippen molar-refractivity contribution >= 4 is 24.0 Å². The molecule has 0 aromatic heterocycles. The predicted molar refractivity (Wildman–Crippen MR) is 74.8 cm³/mol. The highest BCUT2D eigenvalue weighted by Crippen LogP contribution is 2.39. The third-order valence-corrected chi connectivity index (χ3v) is 4.65. The molecule has 0 spiro atoms. The summed E-state index contributed by atoms with van der Waals surface area (Å²) in [6.07, 6.45) is 5.75. The van der Waals surface area contributed by atoms with Gasteiger partial charge in [0.1, 0.15) is 7.14 Å². The first-order chi connectivity index (χ1) is 8.43. The fourth-order valence-corrected chi connectivity index (χ4v) is 3.39. The summed E-state index contributed by atoms with van der Waals surface area (Å²) in [6, 6.07) is 7.36. The highest BCUT2D eigenvalue weighted by molar-refractivity contribution is 7.70. The van der Waals surface area contributed by atoms with Crippen molar-refractivity contribution in [2.45, 2.75) is 6.42 Å². The summed E-state index contributed by atoms with van der Waals surface area (Å²) < 4.78 is 12.3. The van der Waals surface area contributed by atoms with E-state index < -0.39 is 7.14 Å². The van der Waals surface area contributed by atoms with Crippen LogP contribution in [0.3, 0.4) is 0 Å². The van der Waals surface area contributed by atoms with Gasteiger partial charge < -0.3 is 9.46 Å². The molecule has 0 bridgehead atoms. The quantitative estimate of drug-likeness (QED) is 0.602. The van der Waals surface area contributed by atoms with Crippen LogP contribution in [0.4, 0.5) is 5.69 Å². The Hall–Kier alpha value is -1.52. The number of carbonyl (C=O) groups is 1. The molecule has 0 aliphatic carbocycles. The lowest BCUT2D eigenvalue weighted by molar-refractivity contribution is -0.117. The molecule has 1 amide bonds. The number of hydrogen-bond donors (Lipinski definition) is 0. The molecule has 1 aromatic rings. The molecule has 3 nitrogen and oxygen atoms in total. The van der Waals surface area contributed by atoms with Gasteiger partial charge in [-0.25, -0.2) is 0 Å². The molecule has 18 heavy (non-hydrogen) atoms. The van der Waals surface area contributed by atoms with E-state index in [1.54, 1.807) is 18.2 Å². The lowest BCUT2D eigenvalue weighted by Gasteiger charge is -2.21. The van der Waals surface area contributed by atoms with E-state index >= 15 is 0 Å². The van der Waals surface area contributed by atoms with Crippen molar-refractivity contribution in [3.05, 3.63) is 24.3 Å². The van der Waals surface area contributed by atoms with Gasteiger partial charge in [0, 0.05) is 24.2 Å². The number of hydrogen-bond acceptors (Lipinski definition) is 2. The lowest BCUT2D eigenvalue weighted by Crippen LogP contribution is -2.29. The molecule has 0 radical (unpaired) electrons. The maximum absolute atomic E-state index is 12.3. The van der Waals surface area contributed by atoms with Crippen LogP contribution in [0.5, 0.6) is 0 Å². The predicted octanol–water partition coefficient (Wildman–Crippen LogP) is 1.92. The van der Waals surface area contributed by atoms with Gasteiger partial charge in [0.15, 0.2) is 0 Å². The minimum atomic E-state index is -2.41. The number of amides is 1. The van der Waals surface area contributed by atoms with Crippen LogP contribution in [0.1, 0.15) is 6.42 Å². The standard InChI is InChI=1S/C14H16NO2P/c1-4-11-9-14(16)15(10-11)12-7-5-6-8-13(12)18(2,3)17/h1,5-8,11H,9-10H2,2-3H3. The van der Waals surface area contributed by atoms with Gasteiger partial charge in [0.05, 0.1) is 5.69 Å². The van der Waals surface area contributed by atoms with Crippen molar-refractivity contribution < 1.29 is 9.36 Å². The average molecular weight is 261 g/mol. The van der Waals surface area contributed by atoms with Gasteiger partial charge in [-0.1, -0.05) is 12.1 Å². The molecular formula is C14H16NO2P. The van der Waals surface area contributed by atoms with Crippen molar-refractivity contribution in [3.8, 4) is 12.3 Å². The summed E-state index contributed by atoms with van der Waals surface area (Å²) in [5.74, 6) is 2.59. The second-order valence-electron chi connectivity index (χ2n) is 4.91. The lowest BCUT2D eigenvalue weighted by atomic mass is 10.1. The van der Waals surface area contributed by atoms with Crippen LogP contribution in [0.25, 0.3) is 0 Å². The van der Waals surface area contributed by atoms with Crippen LogP contribution in [-0.2, 0) is 9.36 Å². The monoisotopic (exact) mass is 261 g/mol. The van der Waals surface area contributed by atoms with Gasteiger partial charge in [-0.15, -0.1) is 12.3 Å². The van der Waals surface area contributed by atoms with Crippen molar-refractivity contribution in [2.75, 3.05) is 24.8 Å². The van der Waals surface area contributed by atoms with Gasteiger partial charge in [-0.05, 0) is 25.5 Å². The molecule has 1 fully saturated rings. The Balaban J connectivity index is 2.44. The van der Waals surface area contributed by atoms with Gasteiger partial charge >= 0.3 is 0 Å². The molecule has 2 rings (SSSR count). The van der Waals surface area contributed by atoms with Gasteiger partial charge in [-0.3, -0.25) is 4.79 Å². The minimum absolute atomic E-state index is 0.0128. The number of anilines is 1. The van der Waals surface area contributed by atoms with E-state index in [-0.39, 0.29) is 11.8 Å². The molecule has 0 N–H and O–H groups in total. The second kappa shape index (κ2) is 4.63. The SMILES string of the molecule is C#CC1CC(=O)N(c2ccccc2P(C)(C)=O)C1. The Morgan fingerprint density at radius 1 is 1.39 bits per heavy atom. The van der Waals surface area contributed by atoms with Crippen molar-refractivity contribution in [2.24, 2.45) is 5.92 Å². The number of terminal acetylenes is 1. The molecular weight excluding hydrogens is 245 g/mol. The summed E-state index contributed by atoms with van der Waals surface area (Å²) in [6.45, 7) is 3.95. The summed E-state index contributed by atoms with van der Waals surface area (Å²) in [5, 5.41) is 0.746. The van der Waals surface area contributed by atoms with Crippen LogP contribution in [-0.4, -0.2) is 25.8 Å². The van der Waals surface area contributed by atoms with E-state index in [1.807, 2.05) is 24.3 Å². The van der Waals surface area contributed by atoms with Gasteiger partial charge in [0.25, 0.3) is 0 Å². The zero-order valence-electron chi connectivity index (χ0n) is 10.6. The first kappa shape index (κ1) is 12.9. The molecule has 1 heterocycles. The first-order valence-electron chi connectivity index (χ1n) is 5.84. The maximum atomic E-state index is 12.3. The molecule has 1 aliphatic heterocycles. The van der Waals surface area contributed by atoms with E-state index in [0.717, 1.165) is 11.0 Å². The fraction of sp³-hybridized carbons (Fsp3) is 0.357. The summed E-state index contributed by atoms with van der Waals surface area (Å²) in [5.41, 5.74) is 0.744. The topological polar surface area (TPSA) is 37.4 Å². The Morgan fingerprint density at radius 2 is 2.06 bits per heavy atom. The van der Waals surface area contributed by atoms with Crippen LogP contribution >= 0.6 is 7.14 Å². The molecule has 1 aliphatic rings. The normalized spacial score (nSPS) is 19.9. The van der Waals surface area contributed by atoms with Crippen molar-refractivity contribution in [3.63, 3.8) is 0 Å². The van der Waals surface area contributed by atoms with Gasteiger partial charge in [-0.2, -0.15) is 0 Å². The molecule has 1 unspecified atom stereocenters. The average Bonchev–Trinajstić information content (AvgIpc) is 2.69. The number of carbonyl (C=O) groups excluding carboxylic acids is 1. The third kappa shape index (κ3) is 2.35. The fourth-order valence-electron chi connectivity index (χ4n) is 2.20. The van der Waals surface area contributed by atoms with E-state index in [0.29, 0.717) is 13.0 Å². The Kier molecular flexibility index (Phi) is 3.32. The number of rotatable bonds is 2. The second-order valence-corrected chi connectivity index (χ2v) is 8.10. The van der Waals surface area contributed by atoms with E-state index in [4.69, 9.17) is 6.42 Å². The number of benzene rings is 1.